The Hall–Kier alpha value is -2.79. The van der Waals surface area contributed by atoms with Gasteiger partial charge in [-0.1, -0.05) is 29.8 Å². The molecule has 0 fully saturated rings. The van der Waals surface area contributed by atoms with E-state index < -0.39 is 0 Å². The van der Waals surface area contributed by atoms with Crippen molar-refractivity contribution in [3.05, 3.63) is 65.0 Å². The zero-order valence-corrected chi connectivity index (χ0v) is 13.9. The minimum atomic E-state index is -0.361. The number of amides is 1. The average molecular weight is 343 g/mol. The number of oxazole rings is 1. The summed E-state index contributed by atoms with van der Waals surface area (Å²) in [5.74, 6) is 1.04. The van der Waals surface area contributed by atoms with Gasteiger partial charge in [0, 0.05) is 11.3 Å². The van der Waals surface area contributed by atoms with Crippen molar-refractivity contribution in [2.45, 2.75) is 6.92 Å². The molecular weight excluding hydrogens is 328 g/mol. The van der Waals surface area contributed by atoms with Gasteiger partial charge in [0.2, 0.25) is 5.89 Å². The van der Waals surface area contributed by atoms with Crippen LogP contribution in [0, 0.1) is 6.92 Å². The summed E-state index contributed by atoms with van der Waals surface area (Å²) in [6.45, 7) is 1.70. The number of anilines is 1. The van der Waals surface area contributed by atoms with Crippen LogP contribution in [0.3, 0.4) is 0 Å². The lowest BCUT2D eigenvalue weighted by molar-refractivity contribution is 0.102. The summed E-state index contributed by atoms with van der Waals surface area (Å²) >= 11 is 6.06. The van der Waals surface area contributed by atoms with Crippen molar-refractivity contribution in [3.8, 4) is 17.2 Å². The Balaban J connectivity index is 1.83. The number of aryl methyl sites for hydroxylation is 1. The van der Waals surface area contributed by atoms with Crippen molar-refractivity contribution in [1.29, 1.82) is 0 Å². The molecule has 1 N–H and O–H groups in total. The van der Waals surface area contributed by atoms with Crippen LogP contribution < -0.4 is 10.1 Å². The number of aromatic nitrogens is 1. The Morgan fingerprint density at radius 3 is 2.62 bits per heavy atom. The molecule has 2 aromatic carbocycles. The Kier molecular flexibility index (Phi) is 4.53. The average Bonchev–Trinajstić information content (AvgIpc) is 2.98. The maximum atomic E-state index is 12.4. The van der Waals surface area contributed by atoms with Crippen molar-refractivity contribution in [1.82, 2.24) is 4.98 Å². The Labute approximate surface area is 144 Å². The van der Waals surface area contributed by atoms with Gasteiger partial charge in [-0.3, -0.25) is 4.79 Å². The van der Waals surface area contributed by atoms with Gasteiger partial charge in [0.05, 0.1) is 12.1 Å². The minimum Gasteiger partial charge on any atom is -0.495 e. The van der Waals surface area contributed by atoms with Gasteiger partial charge in [0.1, 0.15) is 11.5 Å². The van der Waals surface area contributed by atoms with Crippen molar-refractivity contribution in [2.24, 2.45) is 0 Å². The molecule has 0 saturated carbocycles. The number of nitrogens with one attached hydrogen (secondary N) is 1. The number of rotatable bonds is 4. The van der Waals surface area contributed by atoms with E-state index in [0.717, 1.165) is 5.56 Å². The highest BCUT2D eigenvalue weighted by Gasteiger charge is 2.18. The third kappa shape index (κ3) is 3.26. The first kappa shape index (κ1) is 16.1. The molecule has 1 heterocycles. The second-order valence-corrected chi connectivity index (χ2v) is 5.50. The summed E-state index contributed by atoms with van der Waals surface area (Å²) < 4.78 is 10.7. The maximum Gasteiger partial charge on any atom is 0.277 e. The van der Waals surface area contributed by atoms with Gasteiger partial charge in [-0.15, -0.1) is 0 Å². The van der Waals surface area contributed by atoms with Crippen molar-refractivity contribution < 1.29 is 13.9 Å². The van der Waals surface area contributed by atoms with Crippen LogP contribution in [-0.4, -0.2) is 18.0 Å². The van der Waals surface area contributed by atoms with E-state index in [2.05, 4.69) is 10.3 Å². The SMILES string of the molecule is COc1ccc(NC(=O)c2nc(-c3ccccc3)oc2C)cc1Cl. The zero-order chi connectivity index (χ0) is 17.1. The van der Waals surface area contributed by atoms with Crippen LogP contribution in [-0.2, 0) is 0 Å². The first-order valence-electron chi connectivity index (χ1n) is 7.26. The number of methoxy groups -OCH3 is 1. The molecule has 0 atom stereocenters. The molecule has 24 heavy (non-hydrogen) atoms. The number of nitrogens with zero attached hydrogens (tertiary/aromatic N) is 1. The molecule has 0 aliphatic rings. The van der Waals surface area contributed by atoms with E-state index in [-0.39, 0.29) is 11.6 Å². The molecule has 5 nitrogen and oxygen atoms in total. The lowest BCUT2D eigenvalue weighted by atomic mass is 10.2. The molecule has 1 amide bonds. The van der Waals surface area contributed by atoms with E-state index in [9.17, 15) is 4.79 Å². The van der Waals surface area contributed by atoms with Gasteiger partial charge in [-0.25, -0.2) is 4.98 Å². The highest BCUT2D eigenvalue weighted by molar-refractivity contribution is 6.32. The fourth-order valence-corrected chi connectivity index (χ4v) is 2.50. The predicted octanol–water partition coefficient (Wildman–Crippen LogP) is 4.56. The predicted molar refractivity (Wildman–Crippen MR) is 92.6 cm³/mol. The second kappa shape index (κ2) is 6.76. The van der Waals surface area contributed by atoms with E-state index >= 15 is 0 Å². The fourth-order valence-electron chi connectivity index (χ4n) is 2.25. The van der Waals surface area contributed by atoms with E-state index in [1.54, 1.807) is 25.1 Å². The molecule has 0 bridgehead atoms. The molecule has 122 valence electrons. The number of hydrogen-bond acceptors (Lipinski definition) is 4. The molecule has 1 aromatic heterocycles. The molecule has 0 radical (unpaired) electrons. The Morgan fingerprint density at radius 2 is 1.96 bits per heavy atom. The van der Waals surface area contributed by atoms with Crippen LogP contribution in [0.5, 0.6) is 5.75 Å². The minimum absolute atomic E-state index is 0.237. The van der Waals surface area contributed by atoms with Crippen LogP contribution in [0.4, 0.5) is 5.69 Å². The summed E-state index contributed by atoms with van der Waals surface area (Å²) in [5.41, 5.74) is 1.60. The largest absolute Gasteiger partial charge is 0.495 e. The molecule has 0 aliphatic heterocycles. The number of benzene rings is 2. The summed E-state index contributed by atoms with van der Waals surface area (Å²) in [7, 11) is 1.53. The molecule has 3 aromatic rings. The number of hydrogen-bond donors (Lipinski definition) is 1. The first-order chi connectivity index (χ1) is 11.6. The van der Waals surface area contributed by atoms with Gasteiger partial charge in [-0.2, -0.15) is 0 Å². The lowest BCUT2D eigenvalue weighted by Gasteiger charge is -2.07. The van der Waals surface area contributed by atoms with E-state index in [1.807, 2.05) is 30.3 Å². The molecule has 0 aliphatic carbocycles. The standard InChI is InChI=1S/C18H15ClN2O3/c1-11-16(21-18(24-11)12-6-4-3-5-7-12)17(22)20-13-8-9-15(23-2)14(19)10-13/h3-10H,1-2H3,(H,20,22). The number of carbonyl (C=O) groups is 1. The van der Waals surface area contributed by atoms with E-state index in [0.29, 0.717) is 28.1 Å². The van der Waals surface area contributed by atoms with Crippen molar-refractivity contribution >= 4 is 23.2 Å². The molecule has 0 saturated heterocycles. The van der Waals surface area contributed by atoms with Crippen molar-refractivity contribution in [3.63, 3.8) is 0 Å². The second-order valence-electron chi connectivity index (χ2n) is 5.09. The van der Waals surface area contributed by atoms with Gasteiger partial charge in [0.15, 0.2) is 5.69 Å². The van der Waals surface area contributed by atoms with Gasteiger partial charge >= 0.3 is 0 Å². The van der Waals surface area contributed by atoms with Crippen LogP contribution >= 0.6 is 11.6 Å². The smallest absolute Gasteiger partial charge is 0.277 e. The quantitative estimate of drug-likeness (QED) is 0.754. The first-order valence-corrected chi connectivity index (χ1v) is 7.64. The molecule has 6 heteroatoms. The summed E-state index contributed by atoms with van der Waals surface area (Å²) in [6.07, 6.45) is 0. The third-order valence-corrected chi connectivity index (χ3v) is 3.74. The lowest BCUT2D eigenvalue weighted by Crippen LogP contribution is -2.13. The normalized spacial score (nSPS) is 10.5. The van der Waals surface area contributed by atoms with Crippen LogP contribution in [0.15, 0.2) is 52.9 Å². The number of halogens is 1. The van der Waals surface area contributed by atoms with Gasteiger partial charge in [0.25, 0.3) is 5.91 Å². The summed E-state index contributed by atoms with van der Waals surface area (Å²) in [5, 5.41) is 3.17. The zero-order valence-electron chi connectivity index (χ0n) is 13.2. The van der Waals surface area contributed by atoms with Gasteiger partial charge < -0.3 is 14.5 Å². The highest BCUT2D eigenvalue weighted by atomic mass is 35.5. The Bertz CT molecular complexity index is 875. The van der Waals surface area contributed by atoms with Crippen LogP contribution in [0.1, 0.15) is 16.2 Å². The monoisotopic (exact) mass is 342 g/mol. The Morgan fingerprint density at radius 1 is 1.21 bits per heavy atom. The van der Waals surface area contributed by atoms with Crippen molar-refractivity contribution in [2.75, 3.05) is 12.4 Å². The van der Waals surface area contributed by atoms with E-state index in [4.69, 9.17) is 20.8 Å². The van der Waals surface area contributed by atoms with Crippen LogP contribution in [0.2, 0.25) is 5.02 Å². The molecule has 0 unspecified atom stereocenters. The maximum absolute atomic E-state index is 12.4. The topological polar surface area (TPSA) is 64.4 Å². The van der Waals surface area contributed by atoms with E-state index in [1.165, 1.54) is 7.11 Å². The summed E-state index contributed by atoms with van der Waals surface area (Å²) in [6, 6.07) is 14.4. The van der Waals surface area contributed by atoms with Gasteiger partial charge in [-0.05, 0) is 37.3 Å². The third-order valence-electron chi connectivity index (χ3n) is 3.44. The summed E-state index contributed by atoms with van der Waals surface area (Å²) in [4.78, 5) is 16.7. The molecular formula is C18H15ClN2O3. The highest BCUT2D eigenvalue weighted by Crippen LogP contribution is 2.28. The number of carbonyl (C=O) groups excluding carboxylic acids is 1. The van der Waals surface area contributed by atoms with Crippen LogP contribution in [0.25, 0.3) is 11.5 Å². The fraction of sp³-hybridized carbons (Fsp3) is 0.111. The number of ether oxygens (including phenoxy) is 1. The molecule has 0 spiro atoms. The molecule has 3 rings (SSSR count).